The number of benzene rings is 2. The largest absolute Gasteiger partial charge is 0.550 e. The van der Waals surface area contributed by atoms with Crippen LogP contribution in [0.25, 0.3) is 11.0 Å². The molecule has 0 fully saturated rings. The third kappa shape index (κ3) is 4.29. The number of fused-ring (bicyclic) bond motifs is 1. The quantitative estimate of drug-likeness (QED) is 0.424. The van der Waals surface area contributed by atoms with E-state index in [-0.39, 0.29) is 6.42 Å². The molecule has 0 bridgehead atoms. The number of aryl methyl sites for hydroxylation is 1. The summed E-state index contributed by atoms with van der Waals surface area (Å²) in [6.45, 7) is 0.813. The number of aliphatic carboxylic acids is 1. The monoisotopic (exact) mass is 371 g/mol. The van der Waals surface area contributed by atoms with Gasteiger partial charge in [0.2, 0.25) is 0 Å². The fraction of sp³-hybridized carbons (Fsp3) is 0.263. The SMILES string of the molecule is COc1ccccc1OCCSc1nc2ccccc2n1CCC(=O)[O-]. The summed E-state index contributed by atoms with van der Waals surface area (Å²) in [7, 11) is 1.61. The van der Waals surface area contributed by atoms with Crippen LogP contribution in [0.4, 0.5) is 0 Å². The van der Waals surface area contributed by atoms with Gasteiger partial charge < -0.3 is 23.9 Å². The Morgan fingerprint density at radius 2 is 1.88 bits per heavy atom. The van der Waals surface area contributed by atoms with Crippen molar-refractivity contribution in [3.05, 3.63) is 48.5 Å². The van der Waals surface area contributed by atoms with Gasteiger partial charge in [-0.05, 0) is 24.3 Å². The number of rotatable bonds is 9. The van der Waals surface area contributed by atoms with Gasteiger partial charge in [-0.3, -0.25) is 0 Å². The molecule has 3 rings (SSSR count). The third-order valence-corrected chi connectivity index (χ3v) is 4.74. The summed E-state index contributed by atoms with van der Waals surface area (Å²) in [4.78, 5) is 15.4. The Balaban J connectivity index is 1.66. The molecule has 0 saturated heterocycles. The lowest BCUT2D eigenvalue weighted by Crippen LogP contribution is -2.23. The number of nitrogens with zero attached hydrogens (tertiary/aromatic N) is 2. The van der Waals surface area contributed by atoms with Crippen LogP contribution in [0.1, 0.15) is 6.42 Å². The molecule has 7 heteroatoms. The van der Waals surface area contributed by atoms with Gasteiger partial charge in [0.1, 0.15) is 0 Å². The number of carbonyl (C=O) groups is 1. The topological polar surface area (TPSA) is 76.4 Å². The Morgan fingerprint density at radius 1 is 1.15 bits per heavy atom. The number of carboxylic acid groups (broad SMARTS) is 1. The van der Waals surface area contributed by atoms with E-state index >= 15 is 0 Å². The molecule has 1 aromatic heterocycles. The van der Waals surface area contributed by atoms with Crippen LogP contribution in [-0.4, -0.2) is 35.0 Å². The van der Waals surface area contributed by atoms with Gasteiger partial charge in [0, 0.05) is 24.7 Å². The molecule has 0 spiro atoms. The molecule has 0 saturated carbocycles. The van der Waals surface area contributed by atoms with E-state index in [1.807, 2.05) is 53.1 Å². The lowest BCUT2D eigenvalue weighted by Gasteiger charge is -2.11. The van der Waals surface area contributed by atoms with E-state index in [9.17, 15) is 9.90 Å². The minimum absolute atomic E-state index is 0.0500. The number of carbonyl (C=O) groups excluding carboxylic acids is 1. The molecular weight excluding hydrogens is 352 g/mol. The summed E-state index contributed by atoms with van der Waals surface area (Å²) in [6, 6.07) is 15.2. The van der Waals surface area contributed by atoms with Crippen molar-refractivity contribution < 1.29 is 19.4 Å². The zero-order chi connectivity index (χ0) is 18.4. The van der Waals surface area contributed by atoms with Crippen LogP contribution >= 0.6 is 11.8 Å². The molecule has 3 aromatic rings. The van der Waals surface area contributed by atoms with E-state index in [2.05, 4.69) is 4.98 Å². The molecule has 0 atom stereocenters. The molecule has 26 heavy (non-hydrogen) atoms. The van der Waals surface area contributed by atoms with Crippen LogP contribution in [0.15, 0.2) is 53.7 Å². The second-order valence-electron chi connectivity index (χ2n) is 5.50. The number of hydrogen-bond acceptors (Lipinski definition) is 6. The van der Waals surface area contributed by atoms with Gasteiger partial charge in [-0.1, -0.05) is 36.0 Å². The molecule has 0 aliphatic heterocycles. The maximum absolute atomic E-state index is 10.8. The van der Waals surface area contributed by atoms with Crippen molar-refractivity contribution >= 4 is 28.8 Å². The van der Waals surface area contributed by atoms with Crippen LogP contribution in [-0.2, 0) is 11.3 Å². The van der Waals surface area contributed by atoms with Crippen LogP contribution in [0.2, 0.25) is 0 Å². The Bertz CT molecular complexity index is 894. The number of carboxylic acids is 1. The molecule has 6 nitrogen and oxygen atoms in total. The molecule has 136 valence electrons. The van der Waals surface area contributed by atoms with Crippen molar-refractivity contribution in [1.82, 2.24) is 9.55 Å². The summed E-state index contributed by atoms with van der Waals surface area (Å²) < 4.78 is 13.0. The molecule has 0 N–H and O–H groups in total. The van der Waals surface area contributed by atoms with Crippen molar-refractivity contribution in [2.75, 3.05) is 19.5 Å². The Kier molecular flexibility index (Phi) is 6.01. The fourth-order valence-electron chi connectivity index (χ4n) is 2.61. The summed E-state index contributed by atoms with van der Waals surface area (Å²) in [6.07, 6.45) is -0.0500. The molecule has 0 amide bonds. The number of thioether (sulfide) groups is 1. The van der Waals surface area contributed by atoms with Gasteiger partial charge in [-0.15, -0.1) is 0 Å². The van der Waals surface area contributed by atoms with Crippen molar-refractivity contribution in [2.45, 2.75) is 18.1 Å². The highest BCUT2D eigenvalue weighted by Crippen LogP contribution is 2.27. The molecule has 0 radical (unpaired) electrons. The number of aromatic nitrogens is 2. The predicted octanol–water partition coefficient (Wildman–Crippen LogP) is 2.36. The summed E-state index contributed by atoms with van der Waals surface area (Å²) in [5.41, 5.74) is 1.76. The number of ether oxygens (including phenoxy) is 2. The van der Waals surface area contributed by atoms with E-state index in [0.29, 0.717) is 30.4 Å². The molecule has 0 unspecified atom stereocenters. The van der Waals surface area contributed by atoms with Crippen LogP contribution in [0, 0.1) is 0 Å². The average molecular weight is 371 g/mol. The first-order valence-corrected chi connectivity index (χ1v) is 9.21. The van der Waals surface area contributed by atoms with E-state index in [1.54, 1.807) is 7.11 Å². The van der Waals surface area contributed by atoms with E-state index in [0.717, 1.165) is 16.2 Å². The van der Waals surface area contributed by atoms with Gasteiger partial charge in [0.25, 0.3) is 0 Å². The molecule has 2 aromatic carbocycles. The predicted molar refractivity (Wildman–Crippen MR) is 98.6 cm³/mol. The fourth-order valence-corrected chi connectivity index (χ4v) is 3.46. The van der Waals surface area contributed by atoms with E-state index in [4.69, 9.17) is 9.47 Å². The lowest BCUT2D eigenvalue weighted by atomic mass is 10.3. The minimum atomic E-state index is -1.07. The van der Waals surface area contributed by atoms with Crippen LogP contribution in [0.5, 0.6) is 11.5 Å². The van der Waals surface area contributed by atoms with Gasteiger partial charge in [-0.25, -0.2) is 4.98 Å². The average Bonchev–Trinajstić information content (AvgIpc) is 3.01. The molecule has 0 aliphatic rings. The van der Waals surface area contributed by atoms with Crippen molar-refractivity contribution in [3.63, 3.8) is 0 Å². The summed E-state index contributed by atoms with van der Waals surface area (Å²) in [5.74, 6) is 0.991. The standard InChI is InChI=1S/C19H20N2O4S/c1-24-16-8-4-5-9-17(16)25-12-13-26-19-20-14-6-2-3-7-15(14)21(19)11-10-18(22)23/h2-9H,10-13H2,1H3,(H,22,23)/p-1. The maximum atomic E-state index is 10.8. The van der Waals surface area contributed by atoms with Crippen molar-refractivity contribution in [1.29, 1.82) is 0 Å². The smallest absolute Gasteiger partial charge is 0.169 e. The van der Waals surface area contributed by atoms with Crippen LogP contribution in [0.3, 0.4) is 0 Å². The first-order chi connectivity index (χ1) is 12.7. The second-order valence-corrected chi connectivity index (χ2v) is 6.57. The van der Waals surface area contributed by atoms with E-state index < -0.39 is 5.97 Å². The van der Waals surface area contributed by atoms with Gasteiger partial charge in [-0.2, -0.15) is 0 Å². The first-order valence-electron chi connectivity index (χ1n) is 8.23. The maximum Gasteiger partial charge on any atom is 0.169 e. The zero-order valence-electron chi connectivity index (χ0n) is 14.4. The number of hydrogen-bond donors (Lipinski definition) is 0. The Morgan fingerprint density at radius 3 is 2.65 bits per heavy atom. The highest BCUT2D eigenvalue weighted by atomic mass is 32.2. The third-order valence-electron chi connectivity index (χ3n) is 3.80. The summed E-state index contributed by atoms with van der Waals surface area (Å²) in [5, 5.41) is 11.6. The van der Waals surface area contributed by atoms with Crippen molar-refractivity contribution in [2.24, 2.45) is 0 Å². The van der Waals surface area contributed by atoms with Gasteiger partial charge in [0.15, 0.2) is 16.7 Å². The summed E-state index contributed by atoms with van der Waals surface area (Å²) >= 11 is 1.53. The van der Waals surface area contributed by atoms with Gasteiger partial charge in [0.05, 0.1) is 24.8 Å². The molecular formula is C19H19N2O4S-. The van der Waals surface area contributed by atoms with Crippen LogP contribution < -0.4 is 14.6 Å². The number of para-hydroxylation sites is 4. The number of imidazole rings is 1. The van der Waals surface area contributed by atoms with Gasteiger partial charge >= 0.3 is 0 Å². The molecule has 0 aliphatic carbocycles. The normalized spacial score (nSPS) is 10.8. The van der Waals surface area contributed by atoms with E-state index in [1.165, 1.54) is 11.8 Å². The minimum Gasteiger partial charge on any atom is -0.550 e. The number of methoxy groups -OCH3 is 1. The highest BCUT2D eigenvalue weighted by Gasteiger charge is 2.11. The highest BCUT2D eigenvalue weighted by molar-refractivity contribution is 7.99. The molecule has 1 heterocycles. The second kappa shape index (κ2) is 8.62. The van der Waals surface area contributed by atoms with Crippen molar-refractivity contribution in [3.8, 4) is 11.5 Å². The Hall–Kier alpha value is -2.67. The first kappa shape index (κ1) is 18.1. The Labute approximate surface area is 155 Å². The lowest BCUT2D eigenvalue weighted by molar-refractivity contribution is -0.305. The zero-order valence-corrected chi connectivity index (χ0v) is 15.2.